The maximum Gasteiger partial charge on any atom is 0.228 e. The van der Waals surface area contributed by atoms with Crippen LogP contribution < -0.4 is 24.8 Å². The molecule has 7 heteroatoms. The third-order valence-corrected chi connectivity index (χ3v) is 3.89. The van der Waals surface area contributed by atoms with Crippen LogP contribution in [0.2, 0.25) is 0 Å². The van der Waals surface area contributed by atoms with Crippen molar-refractivity contribution in [3.63, 3.8) is 0 Å². The number of carbonyl (C=O) groups excluding carboxylic acids is 2. The van der Waals surface area contributed by atoms with E-state index in [1.807, 2.05) is 20.8 Å². The topological polar surface area (TPSA) is 85.9 Å². The van der Waals surface area contributed by atoms with Crippen LogP contribution in [0.1, 0.15) is 27.2 Å². The van der Waals surface area contributed by atoms with Crippen LogP contribution in [0.5, 0.6) is 17.2 Å². The highest BCUT2D eigenvalue weighted by Crippen LogP contribution is 2.42. The average molecular weight is 350 g/mol. The van der Waals surface area contributed by atoms with Gasteiger partial charge in [0.05, 0.1) is 33.2 Å². The molecule has 0 spiro atoms. The van der Waals surface area contributed by atoms with E-state index in [-0.39, 0.29) is 29.2 Å². The van der Waals surface area contributed by atoms with Gasteiger partial charge in [-0.2, -0.15) is 0 Å². The Morgan fingerprint density at radius 2 is 1.48 bits per heavy atom. The summed E-state index contributed by atoms with van der Waals surface area (Å²) in [7, 11) is 4.54. The second-order valence-electron chi connectivity index (χ2n) is 7.09. The van der Waals surface area contributed by atoms with Gasteiger partial charge in [0.2, 0.25) is 17.6 Å². The Balaban J connectivity index is 2.06. The molecule has 25 heavy (non-hydrogen) atoms. The molecule has 0 saturated heterocycles. The molecule has 0 bridgehead atoms. The summed E-state index contributed by atoms with van der Waals surface area (Å²) in [5.41, 5.74) is 0.221. The number of hydrogen-bond acceptors (Lipinski definition) is 5. The van der Waals surface area contributed by atoms with Crippen LogP contribution in [0.3, 0.4) is 0 Å². The molecule has 0 radical (unpaired) electrons. The number of benzene rings is 1. The highest BCUT2D eigenvalue weighted by Gasteiger charge is 2.48. The molecular formula is C18H26N2O5. The molecule has 2 rings (SSSR count). The zero-order chi connectivity index (χ0) is 18.8. The predicted molar refractivity (Wildman–Crippen MR) is 94.2 cm³/mol. The molecule has 0 aromatic heterocycles. The lowest BCUT2D eigenvalue weighted by Crippen LogP contribution is -2.42. The molecule has 2 amide bonds. The molecule has 1 saturated carbocycles. The summed E-state index contributed by atoms with van der Waals surface area (Å²) in [5.74, 6) is 0.491. The van der Waals surface area contributed by atoms with Crippen LogP contribution in [-0.4, -0.2) is 38.7 Å². The predicted octanol–water partition coefficient (Wildman–Crippen LogP) is 2.20. The second-order valence-corrected chi connectivity index (χ2v) is 7.09. The molecule has 1 aromatic carbocycles. The van der Waals surface area contributed by atoms with Crippen LogP contribution in [0.15, 0.2) is 12.1 Å². The summed E-state index contributed by atoms with van der Waals surface area (Å²) in [4.78, 5) is 24.5. The van der Waals surface area contributed by atoms with Crippen molar-refractivity contribution in [2.45, 2.75) is 32.7 Å². The molecular weight excluding hydrogens is 324 g/mol. The van der Waals surface area contributed by atoms with Crippen molar-refractivity contribution in [3.8, 4) is 17.2 Å². The van der Waals surface area contributed by atoms with Crippen LogP contribution >= 0.6 is 0 Å². The van der Waals surface area contributed by atoms with Gasteiger partial charge in [-0.05, 0) is 27.2 Å². The van der Waals surface area contributed by atoms with Gasteiger partial charge in [0.1, 0.15) is 0 Å². The lowest BCUT2D eigenvalue weighted by Gasteiger charge is -2.20. The highest BCUT2D eigenvalue weighted by molar-refractivity contribution is 6.00. The summed E-state index contributed by atoms with van der Waals surface area (Å²) in [6.45, 7) is 5.74. The number of methoxy groups -OCH3 is 3. The Bertz CT molecular complexity index is 641. The monoisotopic (exact) mass is 350 g/mol. The van der Waals surface area contributed by atoms with E-state index in [0.717, 1.165) is 0 Å². The quantitative estimate of drug-likeness (QED) is 0.821. The minimum Gasteiger partial charge on any atom is -0.493 e. The Morgan fingerprint density at radius 1 is 0.960 bits per heavy atom. The highest BCUT2D eigenvalue weighted by atomic mass is 16.5. The minimum absolute atomic E-state index is 0.0856. The average Bonchev–Trinajstić information content (AvgIpc) is 3.33. The first-order chi connectivity index (χ1) is 11.7. The third-order valence-electron chi connectivity index (χ3n) is 3.89. The van der Waals surface area contributed by atoms with E-state index in [2.05, 4.69) is 10.6 Å². The normalized spacial score (nSPS) is 19.0. The van der Waals surface area contributed by atoms with Crippen molar-refractivity contribution in [3.05, 3.63) is 12.1 Å². The van der Waals surface area contributed by atoms with Crippen molar-refractivity contribution in [2.75, 3.05) is 26.6 Å². The molecule has 1 aliphatic carbocycles. The van der Waals surface area contributed by atoms with Gasteiger partial charge in [0.25, 0.3) is 0 Å². The number of nitrogens with one attached hydrogen (secondary N) is 2. The molecule has 2 N–H and O–H groups in total. The van der Waals surface area contributed by atoms with Crippen molar-refractivity contribution < 1.29 is 23.8 Å². The molecule has 7 nitrogen and oxygen atoms in total. The van der Waals surface area contributed by atoms with Crippen LogP contribution in [-0.2, 0) is 9.59 Å². The number of ether oxygens (including phenoxy) is 3. The van der Waals surface area contributed by atoms with Gasteiger partial charge < -0.3 is 24.8 Å². The van der Waals surface area contributed by atoms with Crippen LogP contribution in [0.4, 0.5) is 5.69 Å². The maximum atomic E-state index is 12.4. The Kier molecular flexibility index (Phi) is 5.45. The summed E-state index contributed by atoms with van der Waals surface area (Å²) in [6, 6.07) is 3.32. The molecule has 0 heterocycles. The van der Waals surface area contributed by atoms with Crippen molar-refractivity contribution in [1.82, 2.24) is 5.32 Å². The summed E-state index contributed by atoms with van der Waals surface area (Å²) < 4.78 is 15.8. The Labute approximate surface area is 148 Å². The van der Waals surface area contributed by atoms with E-state index < -0.39 is 0 Å². The van der Waals surface area contributed by atoms with E-state index in [0.29, 0.717) is 29.4 Å². The largest absolute Gasteiger partial charge is 0.493 e. The summed E-state index contributed by atoms with van der Waals surface area (Å²) in [6.07, 6.45) is 0.554. The first-order valence-electron chi connectivity index (χ1n) is 8.13. The lowest BCUT2D eigenvalue weighted by molar-refractivity contribution is -0.126. The second kappa shape index (κ2) is 7.21. The van der Waals surface area contributed by atoms with Gasteiger partial charge >= 0.3 is 0 Å². The van der Waals surface area contributed by atoms with Gasteiger partial charge in [0.15, 0.2) is 11.5 Å². The number of anilines is 1. The molecule has 1 fully saturated rings. The van der Waals surface area contributed by atoms with Gasteiger partial charge in [0, 0.05) is 23.4 Å². The lowest BCUT2D eigenvalue weighted by atomic mass is 10.1. The minimum atomic E-state index is -0.318. The van der Waals surface area contributed by atoms with E-state index in [1.165, 1.54) is 21.3 Å². The SMILES string of the molecule is COc1cc(NC(=O)C2CC2C(=O)NC(C)(C)C)cc(OC)c1OC. The van der Waals surface area contributed by atoms with Gasteiger partial charge in [-0.25, -0.2) is 0 Å². The first-order valence-corrected chi connectivity index (χ1v) is 8.13. The molecule has 138 valence electrons. The standard InChI is InChI=1S/C18H26N2O5/c1-18(2,3)20-17(22)12-9-11(12)16(21)19-10-7-13(23-4)15(25-6)14(8-10)24-5/h7-8,11-12H,9H2,1-6H3,(H,19,21)(H,20,22). The molecule has 2 unspecified atom stereocenters. The fraction of sp³-hybridized carbons (Fsp3) is 0.556. The van der Waals surface area contributed by atoms with Crippen LogP contribution in [0, 0.1) is 11.8 Å². The molecule has 2 atom stereocenters. The fourth-order valence-electron chi connectivity index (χ4n) is 2.63. The Morgan fingerprint density at radius 3 is 1.92 bits per heavy atom. The number of hydrogen-bond donors (Lipinski definition) is 2. The molecule has 1 aromatic rings. The Hall–Kier alpha value is -2.44. The summed E-state index contributed by atoms with van der Waals surface area (Å²) in [5, 5.41) is 5.72. The fourth-order valence-corrected chi connectivity index (χ4v) is 2.63. The van der Waals surface area contributed by atoms with Crippen molar-refractivity contribution in [2.24, 2.45) is 11.8 Å². The number of amides is 2. The first kappa shape index (κ1) is 18.9. The van der Waals surface area contributed by atoms with Crippen LogP contribution in [0.25, 0.3) is 0 Å². The number of rotatable bonds is 6. The smallest absolute Gasteiger partial charge is 0.228 e. The zero-order valence-electron chi connectivity index (χ0n) is 15.6. The molecule has 1 aliphatic rings. The van der Waals surface area contributed by atoms with E-state index in [9.17, 15) is 9.59 Å². The van der Waals surface area contributed by atoms with Gasteiger partial charge in [-0.15, -0.1) is 0 Å². The van der Waals surface area contributed by atoms with E-state index in [1.54, 1.807) is 12.1 Å². The summed E-state index contributed by atoms with van der Waals surface area (Å²) >= 11 is 0. The molecule has 0 aliphatic heterocycles. The van der Waals surface area contributed by atoms with Crippen molar-refractivity contribution >= 4 is 17.5 Å². The maximum absolute atomic E-state index is 12.4. The van der Waals surface area contributed by atoms with Gasteiger partial charge in [-0.3, -0.25) is 9.59 Å². The number of carbonyl (C=O) groups is 2. The van der Waals surface area contributed by atoms with Crippen molar-refractivity contribution in [1.29, 1.82) is 0 Å². The third kappa shape index (κ3) is 4.55. The van der Waals surface area contributed by atoms with Gasteiger partial charge in [-0.1, -0.05) is 0 Å². The van der Waals surface area contributed by atoms with E-state index in [4.69, 9.17) is 14.2 Å². The van der Waals surface area contributed by atoms with E-state index >= 15 is 0 Å². The zero-order valence-corrected chi connectivity index (χ0v) is 15.6.